The molecule has 1 N–H and O–H groups in total. The molecule has 1 fully saturated rings. The maximum absolute atomic E-state index is 13.9. The summed E-state index contributed by atoms with van der Waals surface area (Å²) in [6.45, 7) is 2.26. The quantitative estimate of drug-likeness (QED) is 0.877. The Kier molecular flexibility index (Phi) is 4.77. The number of carbonyl (C=O) groups excluding carboxylic acids is 1. The Morgan fingerprint density at radius 3 is 2.52 bits per heavy atom. The highest BCUT2D eigenvalue weighted by Gasteiger charge is 2.35. The second kappa shape index (κ2) is 6.56. The highest BCUT2D eigenvalue weighted by molar-refractivity contribution is 5.92. The fraction of sp³-hybridized carbons (Fsp3) is 0.467. The van der Waals surface area contributed by atoms with E-state index in [9.17, 15) is 14.0 Å². The molecule has 0 atom stereocenters. The van der Waals surface area contributed by atoms with Gasteiger partial charge >= 0.3 is 12.0 Å². The lowest BCUT2D eigenvalue weighted by Crippen LogP contribution is -2.45. The zero-order chi connectivity index (χ0) is 15.4. The number of halogens is 1. The number of carboxylic acids is 1. The number of amides is 2. The van der Waals surface area contributed by atoms with Crippen molar-refractivity contribution >= 4 is 17.7 Å². The van der Waals surface area contributed by atoms with E-state index in [0.29, 0.717) is 6.54 Å². The average molecular weight is 294 g/mol. The number of urea groups is 1. The summed E-state index contributed by atoms with van der Waals surface area (Å²) in [5.74, 6) is -1.40. The Balaban J connectivity index is 2.17. The lowest BCUT2D eigenvalue weighted by Gasteiger charge is -2.30. The van der Waals surface area contributed by atoms with Gasteiger partial charge in [0.05, 0.1) is 12.1 Å². The monoisotopic (exact) mass is 294 g/mol. The molecule has 5 nitrogen and oxygen atoms in total. The van der Waals surface area contributed by atoms with Crippen molar-refractivity contribution in [2.45, 2.75) is 32.2 Å². The molecule has 0 radical (unpaired) electrons. The summed E-state index contributed by atoms with van der Waals surface area (Å²) in [6.07, 6.45) is 1.65. The molecule has 0 spiro atoms. The standard InChI is InChI=1S/C15H19FN2O3/c1-2-17(13-6-4-3-5-12(13)16)15(21)18(11-7-8-11)10-9-14(19)20/h3-6,11H,2,7-10H2,1H3,(H,19,20). The van der Waals surface area contributed by atoms with Crippen LogP contribution in [0.3, 0.4) is 0 Å². The Hall–Kier alpha value is -2.11. The van der Waals surface area contributed by atoms with Crippen LogP contribution in [-0.4, -0.2) is 41.1 Å². The van der Waals surface area contributed by atoms with Crippen LogP contribution in [0.5, 0.6) is 0 Å². The van der Waals surface area contributed by atoms with Gasteiger partial charge in [0.25, 0.3) is 0 Å². The molecule has 0 bridgehead atoms. The van der Waals surface area contributed by atoms with Gasteiger partial charge in [0, 0.05) is 19.1 Å². The van der Waals surface area contributed by atoms with Crippen LogP contribution in [-0.2, 0) is 4.79 Å². The third-order valence-corrected chi connectivity index (χ3v) is 3.49. The summed E-state index contributed by atoms with van der Waals surface area (Å²) in [7, 11) is 0. The number of para-hydroxylation sites is 1. The van der Waals surface area contributed by atoms with Gasteiger partial charge in [-0.25, -0.2) is 9.18 Å². The van der Waals surface area contributed by atoms with Crippen LogP contribution in [0.25, 0.3) is 0 Å². The first-order valence-corrected chi connectivity index (χ1v) is 7.09. The van der Waals surface area contributed by atoms with Gasteiger partial charge in [-0.05, 0) is 31.9 Å². The first kappa shape index (κ1) is 15.3. The van der Waals surface area contributed by atoms with E-state index in [4.69, 9.17) is 5.11 Å². The third-order valence-electron chi connectivity index (χ3n) is 3.49. The number of hydrogen-bond donors (Lipinski definition) is 1. The van der Waals surface area contributed by atoms with E-state index >= 15 is 0 Å². The van der Waals surface area contributed by atoms with Crippen LogP contribution in [0.15, 0.2) is 24.3 Å². The summed E-state index contributed by atoms with van der Waals surface area (Å²) in [6, 6.07) is 5.86. The van der Waals surface area contributed by atoms with E-state index < -0.39 is 11.8 Å². The zero-order valence-electron chi connectivity index (χ0n) is 12.0. The number of benzene rings is 1. The molecule has 2 amide bonds. The van der Waals surface area contributed by atoms with Crippen molar-refractivity contribution in [2.24, 2.45) is 0 Å². The van der Waals surface area contributed by atoms with E-state index in [1.165, 1.54) is 11.0 Å². The Morgan fingerprint density at radius 2 is 2.00 bits per heavy atom. The van der Waals surface area contributed by atoms with E-state index in [2.05, 4.69) is 0 Å². The number of carboxylic acid groups (broad SMARTS) is 1. The predicted octanol–water partition coefficient (Wildman–Crippen LogP) is 2.71. The predicted molar refractivity (Wildman–Crippen MR) is 76.8 cm³/mol. The Labute approximate surface area is 123 Å². The van der Waals surface area contributed by atoms with Gasteiger partial charge in [0.1, 0.15) is 5.82 Å². The topological polar surface area (TPSA) is 60.9 Å². The Bertz CT molecular complexity index is 531. The van der Waals surface area contributed by atoms with Crippen molar-refractivity contribution in [3.05, 3.63) is 30.1 Å². The van der Waals surface area contributed by atoms with Gasteiger partial charge in [-0.3, -0.25) is 9.69 Å². The van der Waals surface area contributed by atoms with Gasteiger partial charge in [0.15, 0.2) is 0 Å². The molecule has 0 aromatic heterocycles. The molecule has 0 heterocycles. The van der Waals surface area contributed by atoms with E-state index in [0.717, 1.165) is 12.8 Å². The van der Waals surface area contributed by atoms with Crippen molar-refractivity contribution in [3.63, 3.8) is 0 Å². The van der Waals surface area contributed by atoms with Gasteiger partial charge in [-0.15, -0.1) is 0 Å². The lowest BCUT2D eigenvalue weighted by molar-refractivity contribution is -0.137. The lowest BCUT2D eigenvalue weighted by atomic mass is 10.2. The van der Waals surface area contributed by atoms with Crippen LogP contribution in [0, 0.1) is 5.82 Å². The molecule has 0 unspecified atom stereocenters. The highest BCUT2D eigenvalue weighted by atomic mass is 19.1. The van der Waals surface area contributed by atoms with Gasteiger partial charge in [-0.2, -0.15) is 0 Å². The first-order valence-electron chi connectivity index (χ1n) is 7.09. The highest BCUT2D eigenvalue weighted by Crippen LogP contribution is 2.29. The van der Waals surface area contributed by atoms with Gasteiger partial charge in [-0.1, -0.05) is 12.1 Å². The second-order valence-electron chi connectivity index (χ2n) is 5.05. The number of hydrogen-bond acceptors (Lipinski definition) is 2. The van der Waals surface area contributed by atoms with E-state index in [-0.39, 0.29) is 30.7 Å². The molecule has 1 aliphatic carbocycles. The molecular weight excluding hydrogens is 275 g/mol. The fourth-order valence-electron chi connectivity index (χ4n) is 2.27. The minimum atomic E-state index is -0.942. The van der Waals surface area contributed by atoms with Crippen LogP contribution in [0.2, 0.25) is 0 Å². The number of aliphatic carboxylic acids is 1. The molecule has 0 aliphatic heterocycles. The smallest absolute Gasteiger partial charge is 0.324 e. The van der Waals surface area contributed by atoms with Crippen molar-refractivity contribution < 1.29 is 19.1 Å². The van der Waals surface area contributed by atoms with Gasteiger partial charge in [0.2, 0.25) is 0 Å². The fourth-order valence-corrected chi connectivity index (χ4v) is 2.27. The van der Waals surface area contributed by atoms with Crippen LogP contribution < -0.4 is 4.90 Å². The van der Waals surface area contributed by atoms with Crippen LogP contribution in [0.1, 0.15) is 26.2 Å². The normalized spacial score (nSPS) is 13.8. The minimum Gasteiger partial charge on any atom is -0.481 e. The van der Waals surface area contributed by atoms with Crippen molar-refractivity contribution in [3.8, 4) is 0 Å². The summed E-state index contributed by atoms with van der Waals surface area (Å²) < 4.78 is 13.9. The van der Waals surface area contributed by atoms with Gasteiger partial charge < -0.3 is 10.0 Å². The first-order chi connectivity index (χ1) is 10.0. The maximum Gasteiger partial charge on any atom is 0.324 e. The molecule has 1 aromatic carbocycles. The average Bonchev–Trinajstić information content (AvgIpc) is 3.26. The molecule has 1 aliphatic rings. The van der Waals surface area contributed by atoms with Crippen molar-refractivity contribution in [2.75, 3.05) is 18.0 Å². The largest absolute Gasteiger partial charge is 0.481 e. The molecule has 2 rings (SSSR count). The summed E-state index contributed by atoms with van der Waals surface area (Å²) in [5.41, 5.74) is 0.228. The SMILES string of the molecule is CCN(C(=O)N(CCC(=O)O)C1CC1)c1ccccc1F. The zero-order valence-corrected chi connectivity index (χ0v) is 12.0. The van der Waals surface area contributed by atoms with E-state index in [1.807, 2.05) is 0 Å². The molecule has 1 aromatic rings. The summed E-state index contributed by atoms with van der Waals surface area (Å²) in [4.78, 5) is 26.2. The van der Waals surface area contributed by atoms with E-state index in [1.54, 1.807) is 30.0 Å². The summed E-state index contributed by atoms with van der Waals surface area (Å²) >= 11 is 0. The Morgan fingerprint density at radius 1 is 1.33 bits per heavy atom. The van der Waals surface area contributed by atoms with Crippen LogP contribution >= 0.6 is 0 Å². The number of carbonyl (C=O) groups is 2. The maximum atomic E-state index is 13.9. The minimum absolute atomic E-state index is 0.0812. The summed E-state index contributed by atoms with van der Waals surface area (Å²) in [5, 5.41) is 8.79. The van der Waals surface area contributed by atoms with Crippen LogP contribution in [0.4, 0.5) is 14.9 Å². The number of rotatable bonds is 6. The third kappa shape index (κ3) is 3.71. The second-order valence-corrected chi connectivity index (χ2v) is 5.05. The molecular formula is C15H19FN2O3. The van der Waals surface area contributed by atoms with Crippen molar-refractivity contribution in [1.82, 2.24) is 4.90 Å². The number of nitrogens with zero attached hydrogens (tertiary/aromatic N) is 2. The molecule has 21 heavy (non-hydrogen) atoms. The molecule has 0 saturated heterocycles. The van der Waals surface area contributed by atoms with Crippen molar-refractivity contribution in [1.29, 1.82) is 0 Å². The molecule has 6 heteroatoms. The molecule has 1 saturated carbocycles. The number of anilines is 1. The molecule has 114 valence electrons.